The number of amides is 1. The number of carbonyl (C=O) groups is 1. The highest BCUT2D eigenvalue weighted by atomic mass is 16.5. The summed E-state index contributed by atoms with van der Waals surface area (Å²) in [5.74, 6) is 2.99. The SMILES string of the molecule is CCCCNc1nc(N)nc2c(C)nn(CC3=C(OC)CC(C(=O)N4C[C@H]5CN(C)C[C@H]5C4)C=C3)c12. The number of hydrogen-bond acceptors (Lipinski definition) is 8. The number of hydrogen-bond donors (Lipinski definition) is 2. The fourth-order valence-electron chi connectivity index (χ4n) is 5.92. The maximum atomic E-state index is 13.3. The zero-order valence-corrected chi connectivity index (χ0v) is 21.8. The standard InChI is InChI=1S/C26H38N8O2/c1-5-6-9-28-24-23-22(29-26(27)30-24)16(2)31-34(23)15-18-8-7-17(10-21(18)36-4)25(35)33-13-19-11-32(3)12-20(19)14-33/h7-8,17,19-20H,5-6,9-15H2,1-4H3,(H3,27,28,29,30)/t17?,19-,20+. The van der Waals surface area contributed by atoms with Gasteiger partial charge in [0.1, 0.15) is 16.8 Å². The van der Waals surface area contributed by atoms with Crippen molar-refractivity contribution < 1.29 is 9.53 Å². The van der Waals surface area contributed by atoms with E-state index in [1.54, 1.807) is 7.11 Å². The van der Waals surface area contributed by atoms with Crippen LogP contribution in [0.25, 0.3) is 11.0 Å². The summed E-state index contributed by atoms with van der Waals surface area (Å²) in [6, 6.07) is 0. The molecule has 1 unspecified atom stereocenters. The van der Waals surface area contributed by atoms with Crippen molar-refractivity contribution in [1.29, 1.82) is 0 Å². The van der Waals surface area contributed by atoms with Crippen molar-refractivity contribution in [1.82, 2.24) is 29.5 Å². The molecule has 0 saturated carbocycles. The second-order valence-corrected chi connectivity index (χ2v) is 10.5. The minimum Gasteiger partial charge on any atom is -0.501 e. The fourth-order valence-corrected chi connectivity index (χ4v) is 5.92. The highest BCUT2D eigenvalue weighted by Crippen LogP contribution is 2.34. The Morgan fingerprint density at radius 2 is 1.97 bits per heavy atom. The van der Waals surface area contributed by atoms with Crippen molar-refractivity contribution >= 4 is 28.7 Å². The third-order valence-corrected chi connectivity index (χ3v) is 7.75. The summed E-state index contributed by atoms with van der Waals surface area (Å²) in [7, 11) is 3.85. The highest BCUT2D eigenvalue weighted by molar-refractivity contribution is 5.88. The summed E-state index contributed by atoms with van der Waals surface area (Å²) >= 11 is 0. The van der Waals surface area contributed by atoms with Crippen LogP contribution >= 0.6 is 0 Å². The van der Waals surface area contributed by atoms with Crippen molar-refractivity contribution in [2.75, 3.05) is 57.9 Å². The number of rotatable bonds is 8. The molecule has 36 heavy (non-hydrogen) atoms. The molecule has 0 spiro atoms. The summed E-state index contributed by atoms with van der Waals surface area (Å²) in [5, 5.41) is 8.16. The second-order valence-electron chi connectivity index (χ2n) is 10.5. The number of methoxy groups -OCH3 is 1. The molecule has 2 saturated heterocycles. The molecule has 3 atom stereocenters. The summed E-state index contributed by atoms with van der Waals surface area (Å²) in [6.07, 6.45) is 6.75. The third kappa shape index (κ3) is 4.66. The van der Waals surface area contributed by atoms with Crippen molar-refractivity contribution in [2.45, 2.75) is 39.7 Å². The van der Waals surface area contributed by atoms with Crippen LogP contribution in [0.2, 0.25) is 0 Å². The number of aromatic nitrogens is 4. The Balaban J connectivity index is 1.34. The maximum absolute atomic E-state index is 13.3. The molecular formula is C26H38N8O2. The van der Waals surface area contributed by atoms with Gasteiger partial charge in [0.15, 0.2) is 5.82 Å². The Labute approximate surface area is 212 Å². The molecule has 3 N–H and O–H groups in total. The number of carbonyl (C=O) groups excluding carboxylic acids is 1. The van der Waals surface area contributed by atoms with E-state index in [0.717, 1.165) is 73.6 Å². The van der Waals surface area contributed by atoms with Crippen LogP contribution in [-0.4, -0.2) is 82.3 Å². The van der Waals surface area contributed by atoms with Crippen LogP contribution in [0.5, 0.6) is 0 Å². The Morgan fingerprint density at radius 1 is 1.22 bits per heavy atom. The first-order chi connectivity index (χ1) is 17.4. The van der Waals surface area contributed by atoms with Crippen LogP contribution < -0.4 is 11.1 Å². The van der Waals surface area contributed by atoms with Gasteiger partial charge in [-0.15, -0.1) is 0 Å². The first kappa shape index (κ1) is 24.5. The number of unbranched alkanes of at least 4 members (excludes halogenated alkanes) is 1. The van der Waals surface area contributed by atoms with Crippen molar-refractivity contribution in [3.8, 4) is 0 Å². The van der Waals surface area contributed by atoms with Gasteiger partial charge < -0.3 is 25.6 Å². The molecule has 10 nitrogen and oxygen atoms in total. The molecule has 1 amide bonds. The number of ether oxygens (including phenoxy) is 1. The molecule has 2 aromatic rings. The van der Waals surface area contributed by atoms with Crippen molar-refractivity contribution in [2.24, 2.45) is 17.8 Å². The third-order valence-electron chi connectivity index (χ3n) is 7.75. The Kier molecular flexibility index (Phi) is 6.87. The lowest BCUT2D eigenvalue weighted by atomic mass is 9.93. The Morgan fingerprint density at radius 3 is 2.67 bits per heavy atom. The predicted molar refractivity (Wildman–Crippen MR) is 140 cm³/mol. The van der Waals surface area contributed by atoms with Gasteiger partial charge in [-0.25, -0.2) is 4.98 Å². The number of aryl methyl sites for hydroxylation is 1. The molecule has 2 aromatic heterocycles. The molecule has 2 fully saturated rings. The van der Waals surface area contributed by atoms with Crippen LogP contribution in [0.3, 0.4) is 0 Å². The van der Waals surface area contributed by atoms with Gasteiger partial charge in [-0.1, -0.05) is 25.5 Å². The maximum Gasteiger partial charge on any atom is 0.229 e. The van der Waals surface area contributed by atoms with E-state index in [-0.39, 0.29) is 17.8 Å². The van der Waals surface area contributed by atoms with Crippen LogP contribution in [0, 0.1) is 24.7 Å². The van der Waals surface area contributed by atoms with Gasteiger partial charge in [-0.3, -0.25) is 9.48 Å². The predicted octanol–water partition coefficient (Wildman–Crippen LogP) is 2.43. The van der Waals surface area contributed by atoms with Gasteiger partial charge in [0.05, 0.1) is 25.3 Å². The largest absolute Gasteiger partial charge is 0.501 e. The lowest BCUT2D eigenvalue weighted by Crippen LogP contribution is -2.37. The fraction of sp³-hybridized carbons (Fsp3) is 0.615. The zero-order valence-electron chi connectivity index (χ0n) is 21.8. The van der Waals surface area contributed by atoms with Crippen LogP contribution in [0.15, 0.2) is 23.5 Å². The molecule has 194 valence electrons. The molecular weight excluding hydrogens is 456 g/mol. The van der Waals surface area contributed by atoms with Gasteiger partial charge in [0.2, 0.25) is 11.9 Å². The topological polar surface area (TPSA) is 114 Å². The van der Waals surface area contributed by atoms with E-state index in [9.17, 15) is 4.79 Å². The van der Waals surface area contributed by atoms with Gasteiger partial charge in [-0.05, 0) is 32.2 Å². The summed E-state index contributed by atoms with van der Waals surface area (Å²) in [4.78, 5) is 26.7. The number of fused-ring (bicyclic) bond motifs is 2. The van der Waals surface area contributed by atoms with Crippen LogP contribution in [0.4, 0.5) is 11.8 Å². The first-order valence-corrected chi connectivity index (χ1v) is 13.0. The number of allylic oxidation sites excluding steroid dienone is 3. The normalized spacial score (nSPS) is 24.1. The van der Waals surface area contributed by atoms with E-state index >= 15 is 0 Å². The highest BCUT2D eigenvalue weighted by Gasteiger charge is 2.41. The van der Waals surface area contributed by atoms with E-state index < -0.39 is 0 Å². The van der Waals surface area contributed by atoms with Gasteiger partial charge in [0.25, 0.3) is 0 Å². The Bertz CT molecular complexity index is 1190. The van der Waals surface area contributed by atoms with Gasteiger partial charge in [0, 0.05) is 44.7 Å². The van der Waals surface area contributed by atoms with Crippen LogP contribution in [0.1, 0.15) is 31.9 Å². The minimum absolute atomic E-state index is 0.189. The van der Waals surface area contributed by atoms with E-state index in [1.807, 2.05) is 23.8 Å². The van der Waals surface area contributed by atoms with Crippen molar-refractivity contribution in [3.05, 3.63) is 29.2 Å². The quantitative estimate of drug-likeness (QED) is 0.538. The number of nitrogens with one attached hydrogen (secondary N) is 1. The van der Waals surface area contributed by atoms with Gasteiger partial charge >= 0.3 is 0 Å². The van der Waals surface area contributed by atoms with E-state index in [0.29, 0.717) is 30.6 Å². The molecule has 0 aromatic carbocycles. The van der Waals surface area contributed by atoms with Crippen molar-refractivity contribution in [3.63, 3.8) is 0 Å². The van der Waals surface area contributed by atoms with E-state index in [1.165, 1.54) is 0 Å². The Hall–Kier alpha value is -3.14. The average molecular weight is 495 g/mol. The summed E-state index contributed by atoms with van der Waals surface area (Å²) in [6.45, 7) is 9.30. The monoisotopic (exact) mass is 494 g/mol. The summed E-state index contributed by atoms with van der Waals surface area (Å²) in [5.41, 5.74) is 9.38. The summed E-state index contributed by atoms with van der Waals surface area (Å²) < 4.78 is 7.71. The zero-order chi connectivity index (χ0) is 25.4. The number of nitrogen functional groups attached to an aromatic ring is 1. The van der Waals surface area contributed by atoms with Gasteiger partial charge in [-0.2, -0.15) is 10.1 Å². The molecule has 0 bridgehead atoms. The minimum atomic E-state index is -0.189. The molecule has 1 aliphatic carbocycles. The molecule has 3 aliphatic rings. The molecule has 10 heteroatoms. The average Bonchev–Trinajstić information content (AvgIpc) is 3.50. The first-order valence-electron chi connectivity index (χ1n) is 13.0. The number of likely N-dealkylation sites (tertiary alicyclic amines) is 2. The molecule has 4 heterocycles. The van der Waals surface area contributed by atoms with E-state index in [4.69, 9.17) is 15.6 Å². The number of anilines is 2. The molecule has 2 aliphatic heterocycles. The second kappa shape index (κ2) is 10.1. The number of nitrogens with two attached hydrogens (primary N) is 1. The van der Waals surface area contributed by atoms with E-state index in [2.05, 4.69) is 39.1 Å². The van der Waals surface area contributed by atoms with Crippen LogP contribution in [-0.2, 0) is 16.1 Å². The molecule has 0 radical (unpaired) electrons. The molecule has 5 rings (SSSR count). The number of nitrogens with zero attached hydrogens (tertiary/aromatic N) is 6. The lowest BCUT2D eigenvalue weighted by Gasteiger charge is -2.26. The lowest BCUT2D eigenvalue weighted by molar-refractivity contribution is -0.133. The smallest absolute Gasteiger partial charge is 0.229 e.